The summed E-state index contributed by atoms with van der Waals surface area (Å²) in [7, 11) is 0. The Morgan fingerprint density at radius 1 is 1.22 bits per heavy atom. The summed E-state index contributed by atoms with van der Waals surface area (Å²) in [4.78, 5) is 31.1. The summed E-state index contributed by atoms with van der Waals surface area (Å²) in [5.74, 6) is 0.508. The molecule has 0 spiro atoms. The molecule has 5 rings (SSSR count). The van der Waals surface area contributed by atoms with Gasteiger partial charge in [-0.3, -0.25) is 9.36 Å². The van der Waals surface area contributed by atoms with E-state index < -0.39 is 0 Å². The molecule has 0 saturated carbocycles. The molecule has 0 aliphatic carbocycles. The summed E-state index contributed by atoms with van der Waals surface area (Å²) in [5.41, 5.74) is 1.70. The maximum Gasteiger partial charge on any atom is 0.410 e. The van der Waals surface area contributed by atoms with Crippen LogP contribution in [0.15, 0.2) is 47.5 Å². The molecule has 2 saturated heterocycles. The SMILES string of the molecule is O=C1OC[C@@H]2C[C@@H](Oc3cc(CO)c4ncn(Cc5ccc(Cl)cc5)c(=O)c4c3)CCN12. The van der Waals surface area contributed by atoms with E-state index in [1.807, 2.05) is 12.1 Å². The minimum absolute atomic E-state index is 0.0114. The summed E-state index contributed by atoms with van der Waals surface area (Å²) < 4.78 is 12.8. The lowest BCUT2D eigenvalue weighted by Crippen LogP contribution is -2.44. The monoisotopic (exact) mass is 455 g/mol. The molecular formula is C23H22ClN3O5. The number of halogens is 1. The smallest absolute Gasteiger partial charge is 0.410 e. The summed E-state index contributed by atoms with van der Waals surface area (Å²) in [6, 6.07) is 10.7. The van der Waals surface area contributed by atoms with Gasteiger partial charge in [-0.25, -0.2) is 9.78 Å². The van der Waals surface area contributed by atoms with Crippen LogP contribution >= 0.6 is 11.6 Å². The van der Waals surface area contributed by atoms with Crippen LogP contribution in [-0.4, -0.2) is 50.9 Å². The number of cyclic esters (lactones) is 1. The highest BCUT2D eigenvalue weighted by Gasteiger charge is 2.38. The van der Waals surface area contributed by atoms with E-state index in [1.54, 1.807) is 29.2 Å². The van der Waals surface area contributed by atoms with Crippen molar-refractivity contribution in [1.82, 2.24) is 14.5 Å². The Balaban J connectivity index is 1.43. The van der Waals surface area contributed by atoms with Crippen LogP contribution in [-0.2, 0) is 17.9 Å². The van der Waals surface area contributed by atoms with Gasteiger partial charge in [0.15, 0.2) is 0 Å². The lowest BCUT2D eigenvalue weighted by Gasteiger charge is -2.32. The summed E-state index contributed by atoms with van der Waals surface area (Å²) in [6.45, 7) is 1.04. The van der Waals surface area contributed by atoms with Crippen LogP contribution in [0.3, 0.4) is 0 Å². The predicted octanol–water partition coefficient (Wildman–Crippen LogP) is 2.95. The number of rotatable bonds is 5. The van der Waals surface area contributed by atoms with Crippen molar-refractivity contribution in [3.05, 3.63) is 69.2 Å². The van der Waals surface area contributed by atoms with Crippen LogP contribution in [0.5, 0.6) is 5.75 Å². The maximum atomic E-state index is 13.2. The number of hydrogen-bond acceptors (Lipinski definition) is 6. The van der Waals surface area contributed by atoms with Gasteiger partial charge < -0.3 is 19.5 Å². The Morgan fingerprint density at radius 3 is 2.81 bits per heavy atom. The molecule has 0 unspecified atom stereocenters. The van der Waals surface area contributed by atoms with E-state index in [2.05, 4.69) is 4.98 Å². The number of carbonyl (C=O) groups excluding carboxylic acids is 1. The highest BCUT2D eigenvalue weighted by atomic mass is 35.5. The largest absolute Gasteiger partial charge is 0.490 e. The number of nitrogens with zero attached hydrogens (tertiary/aromatic N) is 3. The van der Waals surface area contributed by atoms with E-state index in [-0.39, 0.29) is 30.4 Å². The topological polar surface area (TPSA) is 93.9 Å². The van der Waals surface area contributed by atoms with Crippen molar-refractivity contribution < 1.29 is 19.4 Å². The quantitative estimate of drug-likeness (QED) is 0.635. The second kappa shape index (κ2) is 8.44. The van der Waals surface area contributed by atoms with Gasteiger partial charge in [-0.15, -0.1) is 0 Å². The van der Waals surface area contributed by atoms with E-state index in [9.17, 15) is 14.7 Å². The fourth-order valence-electron chi connectivity index (χ4n) is 4.37. The maximum absolute atomic E-state index is 13.2. The Labute approximate surface area is 188 Å². The molecule has 166 valence electrons. The average molecular weight is 456 g/mol. The van der Waals surface area contributed by atoms with Crippen LogP contribution in [0.2, 0.25) is 5.02 Å². The molecule has 2 atom stereocenters. The standard InChI is InChI=1S/C23H22ClN3O5/c24-16-3-1-14(2-4-16)10-26-13-25-21-15(11-28)7-19(9-20(21)22(26)29)32-18-5-6-27-17(8-18)12-31-23(27)30/h1-4,7,9,13,17-18,28H,5-6,8,10-12H2/t17-,18-/m0/s1. The first kappa shape index (κ1) is 20.8. The molecule has 0 radical (unpaired) electrons. The van der Waals surface area contributed by atoms with Crippen molar-refractivity contribution in [1.29, 1.82) is 0 Å². The third kappa shape index (κ3) is 3.91. The normalized spacial score (nSPS) is 20.3. The number of carbonyl (C=O) groups is 1. The lowest BCUT2D eigenvalue weighted by molar-refractivity contribution is 0.0935. The first-order valence-corrected chi connectivity index (χ1v) is 10.9. The molecule has 32 heavy (non-hydrogen) atoms. The zero-order chi connectivity index (χ0) is 22.2. The number of benzene rings is 2. The van der Waals surface area contributed by atoms with Gasteiger partial charge in [0.1, 0.15) is 18.5 Å². The Kier molecular flexibility index (Phi) is 5.48. The molecule has 2 aromatic carbocycles. The van der Waals surface area contributed by atoms with Gasteiger partial charge in [0.25, 0.3) is 5.56 Å². The molecule has 0 bridgehead atoms. The third-order valence-corrected chi connectivity index (χ3v) is 6.27. The number of hydrogen-bond donors (Lipinski definition) is 1. The minimum Gasteiger partial charge on any atom is -0.490 e. The van der Waals surface area contributed by atoms with Crippen LogP contribution in [0.25, 0.3) is 10.9 Å². The third-order valence-electron chi connectivity index (χ3n) is 6.02. The van der Waals surface area contributed by atoms with Gasteiger partial charge in [0, 0.05) is 30.0 Å². The van der Waals surface area contributed by atoms with Gasteiger partial charge >= 0.3 is 6.09 Å². The van der Waals surface area contributed by atoms with E-state index in [0.717, 1.165) is 5.56 Å². The first-order chi connectivity index (χ1) is 15.5. The van der Waals surface area contributed by atoms with Gasteiger partial charge in [0.2, 0.25) is 0 Å². The molecule has 2 aliphatic rings. The van der Waals surface area contributed by atoms with Crippen LogP contribution in [0, 0.1) is 0 Å². The van der Waals surface area contributed by atoms with Crippen molar-refractivity contribution in [2.75, 3.05) is 13.2 Å². The molecule has 8 nitrogen and oxygen atoms in total. The second-order valence-corrected chi connectivity index (χ2v) is 8.57. The summed E-state index contributed by atoms with van der Waals surface area (Å²) in [5, 5.41) is 10.9. The predicted molar refractivity (Wildman–Crippen MR) is 118 cm³/mol. The molecule has 2 fully saturated rings. The van der Waals surface area contributed by atoms with Gasteiger partial charge in [-0.05, 0) is 29.8 Å². The zero-order valence-corrected chi connectivity index (χ0v) is 18.0. The van der Waals surface area contributed by atoms with E-state index in [4.69, 9.17) is 21.1 Å². The highest BCUT2D eigenvalue weighted by molar-refractivity contribution is 6.30. The van der Waals surface area contributed by atoms with Crippen molar-refractivity contribution in [2.24, 2.45) is 0 Å². The van der Waals surface area contributed by atoms with E-state index in [0.29, 0.717) is 59.8 Å². The van der Waals surface area contributed by atoms with Gasteiger partial charge in [-0.1, -0.05) is 23.7 Å². The number of amides is 1. The second-order valence-electron chi connectivity index (χ2n) is 8.13. The minimum atomic E-state index is -0.269. The van der Waals surface area contributed by atoms with Crippen LogP contribution in [0.1, 0.15) is 24.0 Å². The Morgan fingerprint density at radius 2 is 2.03 bits per heavy atom. The van der Waals surface area contributed by atoms with Gasteiger partial charge in [-0.2, -0.15) is 0 Å². The zero-order valence-electron chi connectivity index (χ0n) is 17.2. The molecule has 1 amide bonds. The Bertz CT molecular complexity index is 1230. The molecule has 1 aromatic heterocycles. The molecule has 9 heteroatoms. The number of aliphatic hydroxyl groups is 1. The first-order valence-electron chi connectivity index (χ1n) is 10.5. The lowest BCUT2D eigenvalue weighted by atomic mass is 10.0. The van der Waals surface area contributed by atoms with E-state index >= 15 is 0 Å². The molecule has 3 aromatic rings. The fraction of sp³-hybridized carbons (Fsp3) is 0.348. The summed E-state index contributed by atoms with van der Waals surface area (Å²) in [6.07, 6.45) is 2.45. The highest BCUT2D eigenvalue weighted by Crippen LogP contribution is 2.29. The van der Waals surface area contributed by atoms with Crippen LogP contribution < -0.4 is 10.3 Å². The number of piperidine rings is 1. The van der Waals surface area contributed by atoms with Gasteiger partial charge in [0.05, 0.1) is 36.4 Å². The molecular weight excluding hydrogens is 434 g/mol. The molecule has 3 heterocycles. The fourth-order valence-corrected chi connectivity index (χ4v) is 4.49. The number of aliphatic hydroxyl groups excluding tert-OH is 1. The molecule has 2 aliphatic heterocycles. The van der Waals surface area contributed by atoms with Crippen molar-refractivity contribution in [3.8, 4) is 5.75 Å². The Hall–Kier alpha value is -3.10. The average Bonchev–Trinajstić information content (AvgIpc) is 3.17. The number of aromatic nitrogens is 2. The summed E-state index contributed by atoms with van der Waals surface area (Å²) >= 11 is 5.95. The van der Waals surface area contributed by atoms with Crippen molar-refractivity contribution in [2.45, 2.75) is 38.1 Å². The van der Waals surface area contributed by atoms with Crippen molar-refractivity contribution >= 4 is 28.6 Å². The van der Waals surface area contributed by atoms with Crippen molar-refractivity contribution in [3.63, 3.8) is 0 Å². The molecule has 1 N–H and O–H groups in total. The number of fused-ring (bicyclic) bond motifs is 2. The number of ether oxygens (including phenoxy) is 2. The van der Waals surface area contributed by atoms with E-state index in [1.165, 1.54) is 10.9 Å². The van der Waals surface area contributed by atoms with Crippen LogP contribution in [0.4, 0.5) is 4.79 Å².